The van der Waals surface area contributed by atoms with Crippen molar-refractivity contribution in [1.82, 2.24) is 31.2 Å². The summed E-state index contributed by atoms with van der Waals surface area (Å²) in [5, 5.41) is 12.0. The Morgan fingerprint density at radius 3 is 1.30 bits per heavy atom. The van der Waals surface area contributed by atoms with E-state index in [-0.39, 0.29) is 98.4 Å². The minimum absolute atomic E-state index is 0.00205. The molecule has 0 spiro atoms. The highest BCUT2D eigenvalue weighted by Crippen LogP contribution is 2.41. The maximum atomic E-state index is 14.7. The van der Waals surface area contributed by atoms with Crippen LogP contribution in [-0.2, 0) is 55.7 Å². The van der Waals surface area contributed by atoms with Crippen molar-refractivity contribution in [2.24, 2.45) is 0 Å². The second-order valence-electron chi connectivity index (χ2n) is 22.5. The van der Waals surface area contributed by atoms with Crippen LogP contribution in [0.3, 0.4) is 0 Å². The van der Waals surface area contributed by atoms with Crippen molar-refractivity contribution in [3.8, 4) is 35.2 Å². The van der Waals surface area contributed by atoms with E-state index in [0.29, 0.717) is 58.2 Å². The minimum Gasteiger partial charge on any atom is -0.481 e. The van der Waals surface area contributed by atoms with E-state index in [4.69, 9.17) is 9.47 Å². The molecule has 8 rings (SSSR count). The summed E-state index contributed by atoms with van der Waals surface area (Å²) < 4.78 is 39.4. The fourth-order valence-electron chi connectivity index (χ4n) is 10.8. The molecule has 2 aromatic heterocycles. The molecule has 6 N–H and O–H groups in total. The lowest BCUT2D eigenvalue weighted by Gasteiger charge is -2.27. The monoisotopic (exact) mass is 1140 g/mol. The quantitative estimate of drug-likeness (QED) is 0.0398. The molecule has 0 radical (unpaired) electrons. The zero-order valence-corrected chi connectivity index (χ0v) is 48.7. The first-order chi connectivity index (χ1) is 40.2. The van der Waals surface area contributed by atoms with Crippen molar-refractivity contribution in [1.29, 1.82) is 0 Å². The van der Waals surface area contributed by atoms with Gasteiger partial charge in [-0.15, -0.1) is 0 Å². The molecule has 0 bridgehead atoms. The van der Waals surface area contributed by atoms with Crippen LogP contribution in [0, 0.1) is 35.3 Å². The van der Waals surface area contributed by atoms with E-state index in [1.807, 2.05) is 53.7 Å². The standard InChI is InChI=1S/C66H72F2N8O8/c1-9-51(69-7)61(79)71-53(63(81)75-39-65(3,4)57-55(75)37-45(59(77)73-57)31-41-21-25-47(67)26-22-41)35-43-17-15-19-49(33-43)83-29-13-11-12-14-30-84-50-20-16-18-44(34-50)36-54(72-62(80)52(10-2)70-8)64(82)76-40-66(5,6)58-56(76)38-46(60(78)74-58)32-42-23-27-48(68)28-24-42/h15-28,33-34,37-38,51-54,69-70H,9-10,29-32,35-36,39-40H2,1-8H3,(H,71,79)(H,72,80)(H,73,77)(H,74,78)/t51-,52-,53-,54-/m0/s1. The van der Waals surface area contributed by atoms with Gasteiger partial charge >= 0.3 is 0 Å². The summed E-state index contributed by atoms with van der Waals surface area (Å²) in [6.45, 7) is 12.0. The highest BCUT2D eigenvalue weighted by molar-refractivity contribution is 6.03. The van der Waals surface area contributed by atoms with Gasteiger partial charge in [-0.3, -0.25) is 28.8 Å². The van der Waals surface area contributed by atoms with Gasteiger partial charge < -0.3 is 50.5 Å². The Morgan fingerprint density at radius 2 is 0.940 bits per heavy atom. The number of nitrogens with one attached hydrogen (secondary N) is 6. The summed E-state index contributed by atoms with van der Waals surface area (Å²) in [6.07, 6.45) is 1.69. The van der Waals surface area contributed by atoms with E-state index in [0.717, 1.165) is 22.3 Å². The molecular weight excluding hydrogens is 1070 g/mol. The van der Waals surface area contributed by atoms with Gasteiger partial charge in [-0.2, -0.15) is 0 Å². The predicted molar refractivity (Wildman–Crippen MR) is 320 cm³/mol. The third kappa shape index (κ3) is 14.9. The number of hydrogen-bond donors (Lipinski definition) is 6. The van der Waals surface area contributed by atoms with Crippen LogP contribution < -0.4 is 51.7 Å². The smallest absolute Gasteiger partial charge is 0.251 e. The van der Waals surface area contributed by atoms with Crippen molar-refractivity contribution >= 4 is 35.0 Å². The fraction of sp³-hybridized carbons (Fsp3) is 0.364. The Hall–Kier alpha value is -8.84. The number of aromatic amines is 2. The van der Waals surface area contributed by atoms with Crippen molar-refractivity contribution in [3.05, 3.63) is 186 Å². The molecule has 0 unspecified atom stereocenters. The number of likely N-dealkylation sites (N-methyl/N-ethyl adjacent to an activating group) is 2. The number of amides is 4. The Labute approximate surface area is 488 Å². The van der Waals surface area contributed by atoms with Gasteiger partial charge in [-0.25, -0.2) is 8.78 Å². The summed E-state index contributed by atoms with van der Waals surface area (Å²) >= 11 is 0. The molecule has 16 nitrogen and oxygen atoms in total. The molecule has 6 aromatic rings. The van der Waals surface area contributed by atoms with Crippen LogP contribution in [0.5, 0.6) is 11.5 Å². The molecule has 4 aromatic carbocycles. The number of nitrogens with zero attached hydrogens (tertiary/aromatic N) is 2. The third-order valence-electron chi connectivity index (χ3n) is 15.3. The van der Waals surface area contributed by atoms with E-state index in [1.165, 1.54) is 24.3 Å². The summed E-state index contributed by atoms with van der Waals surface area (Å²) in [6, 6.07) is 26.6. The first-order valence-electron chi connectivity index (χ1n) is 28.2. The Morgan fingerprint density at radius 1 is 0.560 bits per heavy atom. The van der Waals surface area contributed by atoms with Gasteiger partial charge in [-0.05, 0) is 134 Å². The van der Waals surface area contributed by atoms with Gasteiger partial charge in [0.25, 0.3) is 11.1 Å². The van der Waals surface area contributed by atoms with Crippen molar-refractivity contribution < 1.29 is 37.4 Å². The molecule has 0 aliphatic carbocycles. The molecular formula is C66H72F2N8O8. The SMILES string of the molecule is CC[C@H](NC)C(=O)N[C@@H](Cc1cccc(OCC#CC#CCOc2cccc(C[C@H](NC(=O)[C@H](CC)NC)C(=O)N3CC(C)(C)c4[nH]c(=O)c(Cc5ccc(F)cc5)cc43)c2)c1)C(=O)N1CC(C)(C)c2[nH]c(=O)c(Cc3ccc(F)cc3)cc21. The van der Waals surface area contributed by atoms with Crippen LogP contribution in [0.1, 0.15) is 99.2 Å². The number of H-pyrrole nitrogens is 2. The average Bonchev–Trinajstić information content (AvgIpc) is 2.42. The van der Waals surface area contributed by atoms with Gasteiger partial charge in [0.1, 0.15) is 48.4 Å². The predicted octanol–water partition coefficient (Wildman–Crippen LogP) is 6.69. The number of carbonyl (C=O) groups excluding carboxylic acids is 4. The molecule has 2 aliphatic heterocycles. The van der Waals surface area contributed by atoms with Gasteiger partial charge in [0, 0.05) is 72.1 Å². The van der Waals surface area contributed by atoms with Crippen LogP contribution in [0.4, 0.5) is 20.2 Å². The molecule has 84 heavy (non-hydrogen) atoms. The second-order valence-corrected chi connectivity index (χ2v) is 22.5. The number of carbonyl (C=O) groups is 4. The lowest BCUT2D eigenvalue weighted by molar-refractivity contribution is -0.128. The third-order valence-corrected chi connectivity index (χ3v) is 15.3. The number of fused-ring (bicyclic) bond motifs is 2. The number of hydrogen-bond acceptors (Lipinski definition) is 10. The number of rotatable bonds is 22. The van der Waals surface area contributed by atoms with Crippen LogP contribution in [-0.4, -0.2) is 98.2 Å². The number of halogens is 2. The molecule has 18 heteroatoms. The van der Waals surface area contributed by atoms with E-state index in [1.54, 1.807) is 96.7 Å². The minimum atomic E-state index is -0.993. The van der Waals surface area contributed by atoms with E-state index < -0.39 is 35.0 Å². The van der Waals surface area contributed by atoms with Gasteiger partial charge in [0.15, 0.2) is 0 Å². The Bertz CT molecular complexity index is 3400. The lowest BCUT2D eigenvalue weighted by atomic mass is 9.91. The first-order valence-corrected chi connectivity index (χ1v) is 28.2. The van der Waals surface area contributed by atoms with Crippen LogP contribution in [0.15, 0.2) is 119 Å². The molecule has 0 fully saturated rings. The molecule has 4 amide bonds. The highest BCUT2D eigenvalue weighted by Gasteiger charge is 2.44. The molecule has 0 saturated heterocycles. The summed E-state index contributed by atoms with van der Waals surface area (Å²) in [5.41, 5.74) is 4.23. The number of anilines is 2. The molecule has 4 atom stereocenters. The van der Waals surface area contributed by atoms with E-state index in [9.17, 15) is 37.5 Å². The van der Waals surface area contributed by atoms with E-state index in [2.05, 4.69) is 54.9 Å². The maximum absolute atomic E-state index is 14.7. The largest absolute Gasteiger partial charge is 0.481 e. The number of benzene rings is 4. The first kappa shape index (κ1) is 61.2. The number of ether oxygens (including phenoxy) is 2. The summed E-state index contributed by atoms with van der Waals surface area (Å²) in [4.78, 5) is 92.7. The Kier molecular flexibility index (Phi) is 19.7. The van der Waals surface area contributed by atoms with Gasteiger partial charge in [-0.1, -0.05) is 90.1 Å². The normalized spacial score (nSPS) is 15.0. The average molecular weight is 1140 g/mol. The van der Waals surface area contributed by atoms with Gasteiger partial charge in [0.05, 0.1) is 23.5 Å². The summed E-state index contributed by atoms with van der Waals surface area (Å²) in [7, 11) is 3.37. The topological polar surface area (TPSA) is 207 Å². The zero-order valence-electron chi connectivity index (χ0n) is 48.7. The molecule has 0 saturated carbocycles. The van der Waals surface area contributed by atoms with E-state index >= 15 is 0 Å². The van der Waals surface area contributed by atoms with Crippen LogP contribution >= 0.6 is 0 Å². The zero-order chi connectivity index (χ0) is 60.3. The number of aromatic nitrogens is 2. The molecule has 2 aliphatic rings. The fourth-order valence-corrected chi connectivity index (χ4v) is 10.8. The van der Waals surface area contributed by atoms with Crippen LogP contribution in [0.25, 0.3) is 0 Å². The lowest BCUT2D eigenvalue weighted by Crippen LogP contribution is -2.54. The van der Waals surface area contributed by atoms with Crippen molar-refractivity contribution in [2.75, 3.05) is 50.2 Å². The second kappa shape index (κ2) is 27.0. The number of pyridine rings is 2. The molecule has 4 heterocycles. The molecule has 438 valence electrons. The highest BCUT2D eigenvalue weighted by atomic mass is 19.1. The van der Waals surface area contributed by atoms with Crippen molar-refractivity contribution in [2.45, 2.75) is 115 Å². The van der Waals surface area contributed by atoms with Gasteiger partial charge in [0.2, 0.25) is 23.6 Å². The maximum Gasteiger partial charge on any atom is 0.251 e. The van der Waals surface area contributed by atoms with Crippen LogP contribution in [0.2, 0.25) is 0 Å². The Balaban J connectivity index is 0.906. The summed E-state index contributed by atoms with van der Waals surface area (Å²) in [5.74, 6) is 10.2. The van der Waals surface area contributed by atoms with Crippen molar-refractivity contribution in [3.63, 3.8) is 0 Å².